The fourth-order valence-electron chi connectivity index (χ4n) is 1.81. The van der Waals surface area contributed by atoms with Gasteiger partial charge in [0.25, 0.3) is 5.91 Å². The van der Waals surface area contributed by atoms with Crippen LogP contribution in [-0.2, 0) is 0 Å². The SMILES string of the molecule is Cc1ccc(C(=O)Nc2ccc(-c3nccs3)cc2)o1. The third kappa shape index (κ3) is 2.62. The predicted octanol–water partition coefficient (Wildman–Crippen LogP) is 3.96. The summed E-state index contributed by atoms with van der Waals surface area (Å²) in [5.74, 6) is 0.779. The largest absolute Gasteiger partial charge is 0.456 e. The zero-order valence-electron chi connectivity index (χ0n) is 10.8. The number of nitrogens with one attached hydrogen (secondary N) is 1. The normalized spacial score (nSPS) is 10.4. The van der Waals surface area contributed by atoms with E-state index in [0.29, 0.717) is 11.5 Å². The van der Waals surface area contributed by atoms with Crippen molar-refractivity contribution in [1.29, 1.82) is 0 Å². The monoisotopic (exact) mass is 284 g/mol. The lowest BCUT2D eigenvalue weighted by atomic mass is 10.2. The van der Waals surface area contributed by atoms with Crippen LogP contribution < -0.4 is 5.32 Å². The average Bonchev–Trinajstić information content (AvgIpc) is 3.10. The molecule has 1 N–H and O–H groups in total. The van der Waals surface area contributed by atoms with Crippen LogP contribution in [0.4, 0.5) is 5.69 Å². The van der Waals surface area contributed by atoms with Gasteiger partial charge in [-0.3, -0.25) is 4.79 Å². The van der Waals surface area contributed by atoms with E-state index in [-0.39, 0.29) is 5.91 Å². The molecule has 0 aliphatic carbocycles. The third-order valence-electron chi connectivity index (χ3n) is 2.79. The van der Waals surface area contributed by atoms with Crippen LogP contribution in [0.3, 0.4) is 0 Å². The van der Waals surface area contributed by atoms with Crippen LogP contribution >= 0.6 is 11.3 Å². The number of aromatic nitrogens is 1. The first-order valence-corrected chi connectivity index (χ1v) is 6.98. The summed E-state index contributed by atoms with van der Waals surface area (Å²) in [7, 11) is 0. The maximum atomic E-state index is 11.9. The number of nitrogens with zero attached hydrogens (tertiary/aromatic N) is 1. The molecule has 0 bridgehead atoms. The molecule has 2 aromatic heterocycles. The van der Waals surface area contributed by atoms with Crippen molar-refractivity contribution in [2.24, 2.45) is 0 Å². The fourth-order valence-corrected chi connectivity index (χ4v) is 2.46. The Hall–Kier alpha value is -2.40. The van der Waals surface area contributed by atoms with Gasteiger partial charge in [-0.2, -0.15) is 0 Å². The molecule has 0 saturated carbocycles. The van der Waals surface area contributed by atoms with Crippen LogP contribution in [0, 0.1) is 6.92 Å². The molecule has 3 aromatic rings. The van der Waals surface area contributed by atoms with Crippen molar-refractivity contribution >= 4 is 22.9 Å². The summed E-state index contributed by atoms with van der Waals surface area (Å²) >= 11 is 1.58. The predicted molar refractivity (Wildman–Crippen MR) is 78.9 cm³/mol. The van der Waals surface area contributed by atoms with Crippen LogP contribution in [-0.4, -0.2) is 10.9 Å². The number of carbonyl (C=O) groups is 1. The van der Waals surface area contributed by atoms with Crippen LogP contribution in [0.5, 0.6) is 0 Å². The summed E-state index contributed by atoms with van der Waals surface area (Å²) in [6.45, 7) is 1.81. The van der Waals surface area contributed by atoms with E-state index in [2.05, 4.69) is 10.3 Å². The van der Waals surface area contributed by atoms with Gasteiger partial charge in [-0.15, -0.1) is 11.3 Å². The van der Waals surface area contributed by atoms with Crippen molar-refractivity contribution in [1.82, 2.24) is 4.98 Å². The van der Waals surface area contributed by atoms with Gasteiger partial charge in [0.1, 0.15) is 10.8 Å². The summed E-state index contributed by atoms with van der Waals surface area (Å²) in [6.07, 6.45) is 1.77. The van der Waals surface area contributed by atoms with E-state index in [9.17, 15) is 4.79 Å². The molecular weight excluding hydrogens is 272 g/mol. The Morgan fingerprint density at radius 1 is 1.20 bits per heavy atom. The molecule has 0 aliphatic rings. The quantitative estimate of drug-likeness (QED) is 0.792. The Kier molecular flexibility index (Phi) is 3.35. The van der Waals surface area contributed by atoms with Crippen molar-refractivity contribution < 1.29 is 9.21 Å². The number of hydrogen-bond acceptors (Lipinski definition) is 4. The van der Waals surface area contributed by atoms with Crippen LogP contribution in [0.1, 0.15) is 16.3 Å². The topological polar surface area (TPSA) is 55.1 Å². The number of furan rings is 1. The summed E-state index contributed by atoms with van der Waals surface area (Å²) in [6, 6.07) is 11.0. The van der Waals surface area contributed by atoms with Crippen molar-refractivity contribution in [3.05, 3.63) is 59.5 Å². The van der Waals surface area contributed by atoms with E-state index in [1.54, 1.807) is 36.6 Å². The van der Waals surface area contributed by atoms with Crippen LogP contribution in [0.15, 0.2) is 52.4 Å². The minimum Gasteiger partial charge on any atom is -0.456 e. The molecule has 0 fully saturated rings. The molecule has 20 heavy (non-hydrogen) atoms. The Bertz CT molecular complexity index is 715. The van der Waals surface area contributed by atoms with Gasteiger partial charge >= 0.3 is 0 Å². The maximum absolute atomic E-state index is 11.9. The number of carbonyl (C=O) groups excluding carboxylic acids is 1. The van der Waals surface area contributed by atoms with Gasteiger partial charge in [0.2, 0.25) is 0 Å². The number of benzene rings is 1. The van der Waals surface area contributed by atoms with Gasteiger partial charge in [0.05, 0.1) is 0 Å². The summed E-state index contributed by atoms with van der Waals surface area (Å²) < 4.78 is 5.28. The average molecular weight is 284 g/mol. The van der Waals surface area contributed by atoms with E-state index < -0.39 is 0 Å². The van der Waals surface area contributed by atoms with Crippen molar-refractivity contribution in [2.45, 2.75) is 6.92 Å². The number of rotatable bonds is 3. The molecule has 0 aliphatic heterocycles. The summed E-state index contributed by atoms with van der Waals surface area (Å²) in [5.41, 5.74) is 1.76. The first-order chi connectivity index (χ1) is 9.72. The highest BCUT2D eigenvalue weighted by atomic mass is 32.1. The minimum atomic E-state index is -0.250. The molecule has 0 unspecified atom stereocenters. The first-order valence-electron chi connectivity index (χ1n) is 6.10. The maximum Gasteiger partial charge on any atom is 0.291 e. The molecule has 3 rings (SSSR count). The number of anilines is 1. The molecule has 1 amide bonds. The number of amides is 1. The summed E-state index contributed by atoms with van der Waals surface area (Å²) in [4.78, 5) is 16.2. The van der Waals surface area contributed by atoms with Crippen molar-refractivity contribution in [2.75, 3.05) is 5.32 Å². The van der Waals surface area contributed by atoms with E-state index in [0.717, 1.165) is 16.3 Å². The Labute approximate surface area is 120 Å². The van der Waals surface area contributed by atoms with Crippen molar-refractivity contribution in [3.8, 4) is 10.6 Å². The van der Waals surface area contributed by atoms with Crippen LogP contribution in [0.2, 0.25) is 0 Å². The Balaban J connectivity index is 1.74. The second-order valence-electron chi connectivity index (χ2n) is 4.28. The second kappa shape index (κ2) is 5.30. The van der Waals surface area contributed by atoms with E-state index in [4.69, 9.17) is 4.42 Å². The smallest absolute Gasteiger partial charge is 0.291 e. The lowest BCUT2D eigenvalue weighted by Crippen LogP contribution is -2.10. The lowest BCUT2D eigenvalue weighted by Gasteiger charge is -2.04. The zero-order chi connectivity index (χ0) is 13.9. The highest BCUT2D eigenvalue weighted by Gasteiger charge is 2.10. The van der Waals surface area contributed by atoms with E-state index >= 15 is 0 Å². The number of hydrogen-bond donors (Lipinski definition) is 1. The third-order valence-corrected chi connectivity index (χ3v) is 3.61. The Morgan fingerprint density at radius 2 is 2.00 bits per heavy atom. The van der Waals surface area contributed by atoms with Gasteiger partial charge in [-0.05, 0) is 43.3 Å². The second-order valence-corrected chi connectivity index (χ2v) is 5.17. The van der Waals surface area contributed by atoms with E-state index in [1.165, 1.54) is 0 Å². The number of thiazole rings is 1. The highest BCUT2D eigenvalue weighted by molar-refractivity contribution is 7.13. The minimum absolute atomic E-state index is 0.250. The highest BCUT2D eigenvalue weighted by Crippen LogP contribution is 2.23. The van der Waals surface area contributed by atoms with Gasteiger partial charge < -0.3 is 9.73 Å². The molecule has 0 spiro atoms. The van der Waals surface area contributed by atoms with Gasteiger partial charge in [0, 0.05) is 22.8 Å². The molecule has 0 saturated heterocycles. The molecule has 5 heteroatoms. The zero-order valence-corrected chi connectivity index (χ0v) is 11.6. The number of aryl methyl sites for hydroxylation is 1. The van der Waals surface area contributed by atoms with Gasteiger partial charge in [0.15, 0.2) is 5.76 Å². The summed E-state index contributed by atoms with van der Waals surface area (Å²) in [5, 5.41) is 5.69. The first kappa shape index (κ1) is 12.6. The fraction of sp³-hybridized carbons (Fsp3) is 0.0667. The molecule has 100 valence electrons. The standard InChI is InChI=1S/C15H12N2O2S/c1-10-2-7-13(19-10)14(18)17-12-5-3-11(4-6-12)15-16-8-9-20-15/h2-9H,1H3,(H,17,18). The Morgan fingerprint density at radius 3 is 2.60 bits per heavy atom. The molecule has 0 radical (unpaired) electrons. The molecule has 4 nitrogen and oxygen atoms in total. The molecule has 2 heterocycles. The van der Waals surface area contributed by atoms with Crippen molar-refractivity contribution in [3.63, 3.8) is 0 Å². The van der Waals surface area contributed by atoms with E-state index in [1.807, 2.05) is 29.6 Å². The lowest BCUT2D eigenvalue weighted by molar-refractivity contribution is 0.0995. The van der Waals surface area contributed by atoms with Gasteiger partial charge in [-0.25, -0.2) is 4.98 Å². The van der Waals surface area contributed by atoms with Crippen LogP contribution in [0.25, 0.3) is 10.6 Å². The molecular formula is C15H12N2O2S. The molecule has 1 aromatic carbocycles. The molecule has 0 atom stereocenters. The van der Waals surface area contributed by atoms with Gasteiger partial charge in [-0.1, -0.05) is 0 Å².